The van der Waals surface area contributed by atoms with Gasteiger partial charge in [0.05, 0.1) is 10.0 Å². The summed E-state index contributed by atoms with van der Waals surface area (Å²) in [7, 11) is 5.60. The van der Waals surface area contributed by atoms with E-state index in [-0.39, 0.29) is 17.7 Å². The average Bonchev–Trinajstić information content (AvgIpc) is 2.96. The van der Waals surface area contributed by atoms with Crippen LogP contribution in [0.15, 0.2) is 42.7 Å². The van der Waals surface area contributed by atoms with Crippen molar-refractivity contribution < 1.29 is 9.59 Å². The van der Waals surface area contributed by atoms with Crippen LogP contribution in [0.1, 0.15) is 66.8 Å². The molecule has 2 aromatic rings. The summed E-state index contributed by atoms with van der Waals surface area (Å²) in [5, 5.41) is 4.49. The van der Waals surface area contributed by atoms with E-state index in [0.717, 1.165) is 63.7 Å². The maximum Gasteiger partial charge on any atom is 0.253 e. The maximum absolute atomic E-state index is 13.6. The molecule has 212 valence electrons. The van der Waals surface area contributed by atoms with Gasteiger partial charge in [-0.25, -0.2) is 0 Å². The molecular formula is C30H41Cl2N5O2. The van der Waals surface area contributed by atoms with E-state index >= 15 is 0 Å². The minimum Gasteiger partial charge on any atom is -0.347 e. The van der Waals surface area contributed by atoms with E-state index in [1.807, 2.05) is 39.3 Å². The molecule has 9 heteroatoms. The van der Waals surface area contributed by atoms with Crippen LogP contribution in [0, 0.1) is 0 Å². The molecule has 0 saturated carbocycles. The van der Waals surface area contributed by atoms with Crippen LogP contribution >= 0.6 is 23.2 Å². The van der Waals surface area contributed by atoms with Gasteiger partial charge in [-0.1, -0.05) is 35.7 Å². The summed E-state index contributed by atoms with van der Waals surface area (Å²) >= 11 is 12.7. The van der Waals surface area contributed by atoms with E-state index in [2.05, 4.69) is 15.2 Å². The number of amides is 2. The summed E-state index contributed by atoms with van der Waals surface area (Å²) in [5.74, 6) is 0.263. The predicted molar refractivity (Wildman–Crippen MR) is 158 cm³/mol. The van der Waals surface area contributed by atoms with Crippen LogP contribution in [0.25, 0.3) is 0 Å². The van der Waals surface area contributed by atoms with Crippen molar-refractivity contribution in [2.24, 2.45) is 0 Å². The number of hydrogen-bond donors (Lipinski definition) is 1. The summed E-state index contributed by atoms with van der Waals surface area (Å²) in [6.07, 6.45) is 10.1. The standard InChI is InChI=1S/C30H41Cl2N5O2/c1-35(2)29(39)30(13-17-34-18-14-30)37-19-5-4-6-25(37)9-7-24(23-8-10-26(31)27(32)20-23)21-36(3)28(38)22-11-15-33-16-12-22/h8,10-12,15-16,20,24-25,34H,4-7,9,13-14,17-19,21H2,1-3H3. The number of rotatable bonds is 9. The minimum atomic E-state index is -0.451. The first-order valence-electron chi connectivity index (χ1n) is 14.0. The molecule has 3 heterocycles. The first kappa shape index (κ1) is 29.8. The van der Waals surface area contributed by atoms with E-state index in [1.165, 1.54) is 6.42 Å². The fraction of sp³-hybridized carbons (Fsp3) is 0.567. The van der Waals surface area contributed by atoms with E-state index in [0.29, 0.717) is 28.2 Å². The fourth-order valence-corrected chi connectivity index (χ4v) is 6.70. The van der Waals surface area contributed by atoms with Crippen molar-refractivity contribution in [2.45, 2.75) is 62.4 Å². The number of nitrogens with one attached hydrogen (secondary N) is 1. The highest BCUT2D eigenvalue weighted by molar-refractivity contribution is 6.42. The summed E-state index contributed by atoms with van der Waals surface area (Å²) in [5.41, 5.74) is 1.24. The highest BCUT2D eigenvalue weighted by atomic mass is 35.5. The lowest BCUT2D eigenvalue weighted by Crippen LogP contribution is -2.66. The molecule has 7 nitrogen and oxygen atoms in total. The second-order valence-corrected chi connectivity index (χ2v) is 12.0. The van der Waals surface area contributed by atoms with Crippen molar-refractivity contribution in [1.82, 2.24) is 25.0 Å². The zero-order chi connectivity index (χ0) is 28.0. The lowest BCUT2D eigenvalue weighted by atomic mass is 9.80. The molecule has 2 unspecified atom stereocenters. The lowest BCUT2D eigenvalue weighted by molar-refractivity contribution is -0.148. The summed E-state index contributed by atoms with van der Waals surface area (Å²) in [6.45, 7) is 3.22. The molecule has 2 atom stereocenters. The van der Waals surface area contributed by atoms with Crippen molar-refractivity contribution in [3.63, 3.8) is 0 Å². The van der Waals surface area contributed by atoms with E-state index in [4.69, 9.17) is 23.2 Å². The first-order chi connectivity index (χ1) is 18.7. The normalized spacial score (nSPS) is 20.3. The van der Waals surface area contributed by atoms with Gasteiger partial charge in [0.2, 0.25) is 5.91 Å². The van der Waals surface area contributed by atoms with Crippen molar-refractivity contribution >= 4 is 35.0 Å². The number of piperidine rings is 2. The van der Waals surface area contributed by atoms with Gasteiger partial charge < -0.3 is 15.1 Å². The molecule has 2 amide bonds. The molecule has 39 heavy (non-hydrogen) atoms. The van der Waals surface area contributed by atoms with E-state index in [1.54, 1.807) is 34.3 Å². The fourth-order valence-electron chi connectivity index (χ4n) is 6.40. The number of halogens is 2. The number of likely N-dealkylation sites (tertiary alicyclic amines) is 1. The van der Waals surface area contributed by atoms with Crippen LogP contribution in [0.3, 0.4) is 0 Å². The second kappa shape index (κ2) is 13.4. The van der Waals surface area contributed by atoms with Gasteiger partial charge in [-0.2, -0.15) is 0 Å². The van der Waals surface area contributed by atoms with Crippen LogP contribution < -0.4 is 5.32 Å². The molecule has 0 bridgehead atoms. The number of nitrogens with zero attached hydrogens (tertiary/aromatic N) is 4. The van der Waals surface area contributed by atoms with Gasteiger partial charge in [0.25, 0.3) is 5.91 Å². The average molecular weight is 575 g/mol. The molecule has 2 fully saturated rings. The number of carbonyl (C=O) groups excluding carboxylic acids is 2. The van der Waals surface area contributed by atoms with Gasteiger partial charge in [0.15, 0.2) is 0 Å². The van der Waals surface area contributed by atoms with Gasteiger partial charge in [0.1, 0.15) is 5.54 Å². The molecule has 0 spiro atoms. The lowest BCUT2D eigenvalue weighted by Gasteiger charge is -2.51. The third-order valence-corrected chi connectivity index (χ3v) is 9.18. The number of benzene rings is 1. The largest absolute Gasteiger partial charge is 0.347 e. The molecule has 0 aliphatic carbocycles. The molecule has 1 aromatic heterocycles. The number of aromatic nitrogens is 1. The van der Waals surface area contributed by atoms with Crippen molar-refractivity contribution in [1.29, 1.82) is 0 Å². The molecule has 2 aliphatic rings. The number of carbonyl (C=O) groups is 2. The van der Waals surface area contributed by atoms with Gasteiger partial charge in [-0.05, 0) is 88.0 Å². The Hall–Kier alpha value is -2.19. The number of hydrogen-bond acceptors (Lipinski definition) is 5. The zero-order valence-electron chi connectivity index (χ0n) is 23.3. The third kappa shape index (κ3) is 6.94. The van der Waals surface area contributed by atoms with Crippen LogP contribution in [-0.2, 0) is 4.79 Å². The number of pyridine rings is 1. The second-order valence-electron chi connectivity index (χ2n) is 11.2. The maximum atomic E-state index is 13.6. The van der Waals surface area contributed by atoms with E-state index < -0.39 is 5.54 Å². The van der Waals surface area contributed by atoms with Gasteiger partial charge in [0, 0.05) is 57.6 Å². The Bertz CT molecular complexity index is 1120. The molecular weight excluding hydrogens is 533 g/mol. The summed E-state index contributed by atoms with van der Waals surface area (Å²) < 4.78 is 0. The van der Waals surface area contributed by atoms with Crippen LogP contribution in [0.2, 0.25) is 10.0 Å². The van der Waals surface area contributed by atoms with Crippen molar-refractivity contribution in [2.75, 3.05) is 47.3 Å². The van der Waals surface area contributed by atoms with Crippen LogP contribution in [0.4, 0.5) is 0 Å². The molecule has 1 N–H and O–H groups in total. The van der Waals surface area contributed by atoms with Gasteiger partial charge in [-0.15, -0.1) is 0 Å². The Morgan fingerprint density at radius 1 is 1.08 bits per heavy atom. The monoisotopic (exact) mass is 573 g/mol. The van der Waals surface area contributed by atoms with Gasteiger partial charge in [-0.3, -0.25) is 19.5 Å². The molecule has 0 radical (unpaired) electrons. The highest BCUT2D eigenvalue weighted by Crippen LogP contribution is 2.37. The Balaban J connectivity index is 1.56. The quantitative estimate of drug-likeness (QED) is 0.452. The topological polar surface area (TPSA) is 68.8 Å². The van der Waals surface area contributed by atoms with Crippen molar-refractivity contribution in [3.05, 3.63) is 63.9 Å². The van der Waals surface area contributed by atoms with Gasteiger partial charge >= 0.3 is 0 Å². The SMILES string of the molecule is CN(C)C(=O)C1(N2CCCCC2CCC(CN(C)C(=O)c2ccncc2)c2ccc(Cl)c(Cl)c2)CCNCC1. The molecule has 2 saturated heterocycles. The zero-order valence-corrected chi connectivity index (χ0v) is 24.8. The Labute approximate surface area is 242 Å². The third-order valence-electron chi connectivity index (χ3n) is 8.44. The Morgan fingerprint density at radius 2 is 1.79 bits per heavy atom. The van der Waals surface area contributed by atoms with Crippen LogP contribution in [-0.4, -0.2) is 90.4 Å². The molecule has 1 aromatic carbocycles. The molecule has 2 aliphatic heterocycles. The van der Waals surface area contributed by atoms with Crippen LogP contribution in [0.5, 0.6) is 0 Å². The Kier molecular flexibility index (Phi) is 10.3. The summed E-state index contributed by atoms with van der Waals surface area (Å²) in [4.78, 5) is 36.9. The summed E-state index contributed by atoms with van der Waals surface area (Å²) in [6, 6.07) is 9.59. The molecule has 4 rings (SSSR count). The Morgan fingerprint density at radius 3 is 2.46 bits per heavy atom. The number of likely N-dealkylation sites (N-methyl/N-ethyl adjacent to an activating group) is 2. The first-order valence-corrected chi connectivity index (χ1v) is 14.8. The highest BCUT2D eigenvalue weighted by Gasteiger charge is 2.48. The minimum absolute atomic E-state index is 0.0352. The smallest absolute Gasteiger partial charge is 0.253 e. The van der Waals surface area contributed by atoms with E-state index in [9.17, 15) is 9.59 Å². The predicted octanol–water partition coefficient (Wildman–Crippen LogP) is 5.09. The van der Waals surface area contributed by atoms with Crippen molar-refractivity contribution in [3.8, 4) is 0 Å².